The molecule has 0 aliphatic rings. The Morgan fingerprint density at radius 2 is 1.59 bits per heavy atom. The van der Waals surface area contributed by atoms with E-state index in [9.17, 15) is 9.59 Å². The molecule has 0 bridgehead atoms. The summed E-state index contributed by atoms with van der Waals surface area (Å²) in [7, 11) is 1.35. The van der Waals surface area contributed by atoms with Gasteiger partial charge in [0.05, 0.1) is 13.5 Å². The fourth-order valence-corrected chi connectivity index (χ4v) is 1.94. The molecule has 0 radical (unpaired) electrons. The number of hydrogen-bond acceptors (Lipinski definition) is 4. The number of rotatable bonds is 5. The fraction of sp³-hybridized carbons (Fsp3) is 0.176. The number of methoxy groups -OCH3 is 1. The van der Waals surface area contributed by atoms with Crippen LogP contribution in [0.3, 0.4) is 0 Å². The van der Waals surface area contributed by atoms with E-state index in [4.69, 9.17) is 5.73 Å². The van der Waals surface area contributed by atoms with Crippen LogP contribution in [0, 0.1) is 0 Å². The van der Waals surface area contributed by atoms with E-state index in [0.29, 0.717) is 17.8 Å². The van der Waals surface area contributed by atoms with E-state index in [1.165, 1.54) is 7.11 Å². The van der Waals surface area contributed by atoms with Crippen LogP contribution in [-0.2, 0) is 22.5 Å². The Bertz CT molecular complexity index is 649. The van der Waals surface area contributed by atoms with Crippen molar-refractivity contribution in [1.82, 2.24) is 0 Å². The third-order valence-corrected chi connectivity index (χ3v) is 3.24. The lowest BCUT2D eigenvalue weighted by atomic mass is 10.1. The number of hydrogen-bond donors (Lipinski definition) is 2. The minimum atomic E-state index is -0.295. The van der Waals surface area contributed by atoms with Gasteiger partial charge in [0.1, 0.15) is 0 Å². The van der Waals surface area contributed by atoms with Crippen molar-refractivity contribution in [2.45, 2.75) is 13.0 Å². The van der Waals surface area contributed by atoms with Gasteiger partial charge in [-0.15, -0.1) is 0 Å². The predicted octanol–water partition coefficient (Wildman–Crippen LogP) is 2.11. The number of nitrogens with two attached hydrogens (primary N) is 1. The summed E-state index contributed by atoms with van der Waals surface area (Å²) in [5.74, 6) is -0.485. The molecule has 2 rings (SSSR count). The van der Waals surface area contributed by atoms with Crippen LogP contribution in [0.1, 0.15) is 21.5 Å². The van der Waals surface area contributed by atoms with Gasteiger partial charge in [-0.3, -0.25) is 9.59 Å². The van der Waals surface area contributed by atoms with Gasteiger partial charge in [-0.2, -0.15) is 0 Å². The Hall–Kier alpha value is -2.66. The highest BCUT2D eigenvalue weighted by atomic mass is 16.5. The molecular weight excluding hydrogens is 280 g/mol. The van der Waals surface area contributed by atoms with Crippen molar-refractivity contribution in [3.8, 4) is 0 Å². The molecule has 2 aromatic carbocycles. The summed E-state index contributed by atoms with van der Waals surface area (Å²) < 4.78 is 4.61. The van der Waals surface area contributed by atoms with E-state index in [-0.39, 0.29) is 18.3 Å². The first-order valence-electron chi connectivity index (χ1n) is 6.88. The molecule has 0 aromatic heterocycles. The van der Waals surface area contributed by atoms with Gasteiger partial charge in [0, 0.05) is 17.8 Å². The maximum absolute atomic E-state index is 12.1. The fourth-order valence-electron chi connectivity index (χ4n) is 1.94. The minimum absolute atomic E-state index is 0.190. The first kappa shape index (κ1) is 15.7. The zero-order chi connectivity index (χ0) is 15.9. The summed E-state index contributed by atoms with van der Waals surface area (Å²) >= 11 is 0. The van der Waals surface area contributed by atoms with Crippen LogP contribution in [0.2, 0.25) is 0 Å². The Balaban J connectivity index is 2.00. The molecular formula is C17H18N2O3. The highest BCUT2D eigenvalue weighted by molar-refractivity contribution is 6.04. The van der Waals surface area contributed by atoms with E-state index in [1.54, 1.807) is 36.4 Å². The van der Waals surface area contributed by atoms with E-state index < -0.39 is 0 Å². The molecule has 0 saturated carbocycles. The first-order chi connectivity index (χ1) is 10.6. The monoisotopic (exact) mass is 298 g/mol. The normalized spacial score (nSPS) is 10.1. The van der Waals surface area contributed by atoms with Crippen molar-refractivity contribution in [2.75, 3.05) is 12.4 Å². The number of carbonyl (C=O) groups is 2. The average molecular weight is 298 g/mol. The highest BCUT2D eigenvalue weighted by Crippen LogP contribution is 2.13. The van der Waals surface area contributed by atoms with E-state index in [2.05, 4.69) is 10.1 Å². The van der Waals surface area contributed by atoms with E-state index >= 15 is 0 Å². The van der Waals surface area contributed by atoms with Crippen LogP contribution in [-0.4, -0.2) is 19.0 Å². The number of benzene rings is 2. The molecule has 5 nitrogen and oxygen atoms in total. The van der Waals surface area contributed by atoms with Crippen molar-refractivity contribution < 1.29 is 14.3 Å². The quantitative estimate of drug-likeness (QED) is 0.828. The standard InChI is InChI=1S/C17H18N2O3/c1-22-16(20)10-12-4-8-15(9-5-12)19-17(21)14-6-2-13(11-18)3-7-14/h2-9H,10-11,18H2,1H3,(H,19,21). The Morgan fingerprint density at radius 1 is 1.00 bits per heavy atom. The highest BCUT2D eigenvalue weighted by Gasteiger charge is 2.07. The first-order valence-corrected chi connectivity index (χ1v) is 6.88. The summed E-state index contributed by atoms with van der Waals surface area (Å²) in [6.07, 6.45) is 0.214. The van der Waals surface area contributed by atoms with E-state index in [1.807, 2.05) is 12.1 Å². The summed E-state index contributed by atoms with van der Waals surface area (Å²) in [4.78, 5) is 23.3. The number of ether oxygens (including phenoxy) is 1. The Morgan fingerprint density at radius 3 is 2.14 bits per heavy atom. The number of anilines is 1. The predicted molar refractivity (Wildman–Crippen MR) is 84.4 cm³/mol. The molecule has 0 atom stereocenters. The van der Waals surface area contributed by atoms with Gasteiger partial charge in [0.25, 0.3) is 5.91 Å². The molecule has 3 N–H and O–H groups in total. The average Bonchev–Trinajstić information content (AvgIpc) is 2.56. The van der Waals surface area contributed by atoms with Gasteiger partial charge in [-0.25, -0.2) is 0 Å². The SMILES string of the molecule is COC(=O)Cc1ccc(NC(=O)c2ccc(CN)cc2)cc1. The maximum atomic E-state index is 12.1. The van der Waals surface area contributed by atoms with Crippen molar-refractivity contribution in [3.05, 3.63) is 65.2 Å². The molecule has 0 fully saturated rings. The molecule has 5 heteroatoms. The molecule has 1 amide bonds. The molecule has 0 saturated heterocycles. The van der Waals surface area contributed by atoms with Gasteiger partial charge in [-0.05, 0) is 35.4 Å². The minimum Gasteiger partial charge on any atom is -0.469 e. The van der Waals surface area contributed by atoms with Gasteiger partial charge in [0.2, 0.25) is 0 Å². The molecule has 0 heterocycles. The molecule has 22 heavy (non-hydrogen) atoms. The lowest BCUT2D eigenvalue weighted by molar-refractivity contribution is -0.139. The lowest BCUT2D eigenvalue weighted by Crippen LogP contribution is -2.12. The summed E-state index contributed by atoms with van der Waals surface area (Å²) in [5.41, 5.74) is 8.56. The van der Waals surface area contributed by atoms with Crippen molar-refractivity contribution in [3.63, 3.8) is 0 Å². The number of esters is 1. The van der Waals surface area contributed by atoms with Crippen molar-refractivity contribution in [2.24, 2.45) is 5.73 Å². The summed E-state index contributed by atoms with van der Waals surface area (Å²) in [6, 6.07) is 14.2. The number of carbonyl (C=O) groups excluding carboxylic acids is 2. The zero-order valence-corrected chi connectivity index (χ0v) is 12.3. The largest absolute Gasteiger partial charge is 0.469 e. The molecule has 0 aliphatic heterocycles. The molecule has 0 unspecified atom stereocenters. The van der Waals surface area contributed by atoms with Crippen LogP contribution in [0.15, 0.2) is 48.5 Å². The van der Waals surface area contributed by atoms with Crippen LogP contribution in [0.25, 0.3) is 0 Å². The number of amides is 1. The van der Waals surface area contributed by atoms with Crippen molar-refractivity contribution >= 4 is 17.6 Å². The van der Waals surface area contributed by atoms with E-state index in [0.717, 1.165) is 11.1 Å². The van der Waals surface area contributed by atoms with Gasteiger partial charge in [0.15, 0.2) is 0 Å². The third-order valence-electron chi connectivity index (χ3n) is 3.24. The summed E-state index contributed by atoms with van der Waals surface area (Å²) in [6.45, 7) is 0.448. The summed E-state index contributed by atoms with van der Waals surface area (Å²) in [5, 5.41) is 2.80. The zero-order valence-electron chi connectivity index (χ0n) is 12.3. The van der Waals surface area contributed by atoms with Crippen LogP contribution in [0.5, 0.6) is 0 Å². The van der Waals surface area contributed by atoms with Crippen molar-refractivity contribution in [1.29, 1.82) is 0 Å². The van der Waals surface area contributed by atoms with Gasteiger partial charge in [-0.1, -0.05) is 24.3 Å². The second kappa shape index (κ2) is 7.38. The molecule has 0 spiro atoms. The molecule has 114 valence electrons. The second-order valence-electron chi connectivity index (χ2n) is 4.81. The Labute approximate surface area is 129 Å². The Kier molecular flexibility index (Phi) is 5.27. The van der Waals surface area contributed by atoms with Crippen LogP contribution in [0.4, 0.5) is 5.69 Å². The lowest BCUT2D eigenvalue weighted by Gasteiger charge is -2.07. The molecule has 0 aliphatic carbocycles. The van der Waals surface area contributed by atoms with Crippen LogP contribution < -0.4 is 11.1 Å². The van der Waals surface area contributed by atoms with Crippen LogP contribution >= 0.6 is 0 Å². The second-order valence-corrected chi connectivity index (χ2v) is 4.81. The van der Waals surface area contributed by atoms with Gasteiger partial charge >= 0.3 is 5.97 Å². The number of nitrogens with one attached hydrogen (secondary N) is 1. The third kappa shape index (κ3) is 4.17. The molecule has 2 aromatic rings. The van der Waals surface area contributed by atoms with Gasteiger partial charge < -0.3 is 15.8 Å². The maximum Gasteiger partial charge on any atom is 0.309 e. The smallest absolute Gasteiger partial charge is 0.309 e. The topological polar surface area (TPSA) is 81.4 Å².